The Morgan fingerprint density at radius 3 is 2.62 bits per heavy atom. The molecule has 0 radical (unpaired) electrons. The number of rotatable bonds is 10. The highest BCUT2D eigenvalue weighted by Gasteiger charge is 2.23. The maximum atomic E-state index is 13.1. The van der Waals surface area contributed by atoms with Crippen molar-refractivity contribution in [1.29, 1.82) is 10.5 Å². The summed E-state index contributed by atoms with van der Waals surface area (Å²) in [4.78, 5) is 14.3. The van der Waals surface area contributed by atoms with Gasteiger partial charge in [-0.2, -0.15) is 10.5 Å². The molecule has 0 spiro atoms. The second-order valence-corrected chi connectivity index (χ2v) is 10.5. The van der Waals surface area contributed by atoms with Gasteiger partial charge in [-0.3, -0.25) is 4.79 Å². The largest absolute Gasteiger partial charge is 0.490 e. The lowest BCUT2D eigenvalue weighted by atomic mass is 9.96. The van der Waals surface area contributed by atoms with Crippen molar-refractivity contribution in [2.24, 2.45) is 0 Å². The van der Waals surface area contributed by atoms with Crippen molar-refractivity contribution in [3.63, 3.8) is 0 Å². The third-order valence-corrected chi connectivity index (χ3v) is 7.72. The number of fused-ring (bicyclic) bond motifs is 1. The fourth-order valence-electron chi connectivity index (χ4n) is 4.60. The number of benzene rings is 2. The molecule has 1 amide bonds. The van der Waals surface area contributed by atoms with E-state index in [0.29, 0.717) is 47.3 Å². The molecule has 4 rings (SSSR count). The van der Waals surface area contributed by atoms with Gasteiger partial charge in [-0.1, -0.05) is 35.9 Å². The minimum atomic E-state index is -0.546. The van der Waals surface area contributed by atoms with Crippen LogP contribution in [0.15, 0.2) is 54.6 Å². The molecular weight excluding hydrogens is 506 g/mol. The summed E-state index contributed by atoms with van der Waals surface area (Å²) in [5.41, 5.74) is 5.17. The predicted molar refractivity (Wildman–Crippen MR) is 155 cm³/mol. The van der Waals surface area contributed by atoms with Gasteiger partial charge in [0.15, 0.2) is 11.5 Å². The normalized spacial score (nSPS) is 12.6. The van der Waals surface area contributed by atoms with Crippen LogP contribution in [0.25, 0.3) is 6.08 Å². The molecule has 1 N–H and O–H groups in total. The molecule has 0 unspecified atom stereocenters. The molecule has 1 aliphatic rings. The minimum Gasteiger partial charge on any atom is -0.490 e. The van der Waals surface area contributed by atoms with Gasteiger partial charge in [0.1, 0.15) is 29.3 Å². The average Bonchev–Trinajstić information content (AvgIpc) is 3.29. The van der Waals surface area contributed by atoms with Crippen LogP contribution < -0.4 is 14.8 Å². The fraction of sp³-hybridized carbons (Fsp3) is 0.281. The van der Waals surface area contributed by atoms with Crippen molar-refractivity contribution in [1.82, 2.24) is 0 Å². The number of aryl methyl sites for hydroxylation is 2. The minimum absolute atomic E-state index is 0.0643. The lowest BCUT2D eigenvalue weighted by Gasteiger charge is -2.17. The van der Waals surface area contributed by atoms with Crippen molar-refractivity contribution in [2.75, 3.05) is 11.9 Å². The van der Waals surface area contributed by atoms with E-state index in [2.05, 4.69) is 18.0 Å². The van der Waals surface area contributed by atoms with E-state index in [9.17, 15) is 15.3 Å². The molecule has 0 bridgehead atoms. The van der Waals surface area contributed by atoms with Gasteiger partial charge in [0.2, 0.25) is 0 Å². The maximum Gasteiger partial charge on any atom is 0.266 e. The van der Waals surface area contributed by atoms with E-state index in [0.717, 1.165) is 47.3 Å². The van der Waals surface area contributed by atoms with E-state index in [1.807, 2.05) is 50.2 Å². The number of carbonyl (C=O) groups excluding carboxylic acids is 1. The number of nitrogens with zero attached hydrogens (tertiary/aromatic N) is 2. The lowest BCUT2D eigenvalue weighted by molar-refractivity contribution is -0.112. The Hall–Kier alpha value is -4.33. The van der Waals surface area contributed by atoms with Crippen molar-refractivity contribution < 1.29 is 14.3 Å². The Labute approximate surface area is 233 Å². The Balaban J connectivity index is 1.63. The smallest absolute Gasteiger partial charge is 0.266 e. The van der Waals surface area contributed by atoms with Gasteiger partial charge in [-0.25, -0.2) is 0 Å². The third-order valence-electron chi connectivity index (χ3n) is 6.51. The SMILES string of the molecule is C=CCc1cc(/C=C(\C#N)C(=O)Nc2sc3c(c2C#N)CCCC3)cc(OCC)c1OCc1ccc(C)cc1. The molecule has 0 saturated carbocycles. The van der Waals surface area contributed by atoms with Crippen molar-refractivity contribution in [3.05, 3.63) is 92.9 Å². The quantitative estimate of drug-likeness (QED) is 0.170. The topological polar surface area (TPSA) is 95.1 Å². The van der Waals surface area contributed by atoms with Crippen LogP contribution in [-0.4, -0.2) is 12.5 Å². The van der Waals surface area contributed by atoms with Gasteiger partial charge in [0.25, 0.3) is 5.91 Å². The Kier molecular flexibility index (Phi) is 9.20. The van der Waals surface area contributed by atoms with E-state index < -0.39 is 5.91 Å². The first-order chi connectivity index (χ1) is 19.0. The van der Waals surface area contributed by atoms with E-state index in [1.165, 1.54) is 23.0 Å². The molecule has 39 heavy (non-hydrogen) atoms. The Bertz CT molecular complexity index is 1490. The van der Waals surface area contributed by atoms with Gasteiger partial charge < -0.3 is 14.8 Å². The van der Waals surface area contributed by atoms with Gasteiger partial charge in [0.05, 0.1) is 12.2 Å². The van der Waals surface area contributed by atoms with Crippen molar-refractivity contribution >= 4 is 28.3 Å². The number of nitriles is 2. The Morgan fingerprint density at radius 2 is 1.92 bits per heavy atom. The molecule has 0 saturated heterocycles. The number of hydrogen-bond donors (Lipinski definition) is 1. The molecule has 2 aromatic carbocycles. The zero-order valence-corrected chi connectivity index (χ0v) is 23.1. The standard InChI is InChI=1S/C32H31N3O3S/c1-4-8-24-15-23(17-28(37-5-2)30(24)38-20-22-13-11-21(3)12-14-22)16-25(18-33)31(36)35-32-27(19-34)26-9-6-7-10-29(26)39-32/h4,11-17H,1,5-10,20H2,2-3H3,(H,35,36)/b25-16+. The number of nitrogens with one attached hydrogen (secondary N) is 1. The Morgan fingerprint density at radius 1 is 1.15 bits per heavy atom. The van der Waals surface area contributed by atoms with Crippen LogP contribution in [0, 0.1) is 29.6 Å². The number of carbonyl (C=O) groups is 1. The van der Waals surface area contributed by atoms with Crippen LogP contribution in [0.5, 0.6) is 11.5 Å². The molecule has 6 nitrogen and oxygen atoms in total. The first-order valence-electron chi connectivity index (χ1n) is 13.0. The molecule has 1 aliphatic carbocycles. The summed E-state index contributed by atoms with van der Waals surface area (Å²) in [5.74, 6) is 0.599. The lowest BCUT2D eigenvalue weighted by Crippen LogP contribution is -2.13. The molecule has 1 heterocycles. The molecule has 198 valence electrons. The molecule has 3 aromatic rings. The van der Waals surface area contributed by atoms with E-state index in [1.54, 1.807) is 12.1 Å². The van der Waals surface area contributed by atoms with Crippen LogP contribution in [0.4, 0.5) is 5.00 Å². The molecule has 0 atom stereocenters. The van der Waals surface area contributed by atoms with Crippen LogP contribution in [0.1, 0.15) is 58.0 Å². The highest BCUT2D eigenvalue weighted by atomic mass is 32.1. The number of ether oxygens (including phenoxy) is 2. The van der Waals surface area contributed by atoms with E-state index >= 15 is 0 Å². The first kappa shape index (κ1) is 27.7. The van der Waals surface area contributed by atoms with Gasteiger partial charge >= 0.3 is 0 Å². The molecule has 0 fully saturated rings. The number of anilines is 1. The second-order valence-electron chi connectivity index (χ2n) is 9.36. The van der Waals surface area contributed by atoms with E-state index in [4.69, 9.17) is 9.47 Å². The van der Waals surface area contributed by atoms with Crippen LogP contribution in [-0.2, 0) is 30.7 Å². The highest BCUT2D eigenvalue weighted by Crippen LogP contribution is 2.38. The summed E-state index contributed by atoms with van der Waals surface area (Å²) in [6.07, 6.45) is 7.70. The number of thiophene rings is 1. The molecule has 0 aliphatic heterocycles. The number of allylic oxidation sites excluding steroid dienone is 1. The molecule has 1 aromatic heterocycles. The number of amides is 1. The summed E-state index contributed by atoms with van der Waals surface area (Å²) in [5, 5.41) is 22.9. The number of hydrogen-bond acceptors (Lipinski definition) is 6. The predicted octanol–water partition coefficient (Wildman–Crippen LogP) is 7.06. The second kappa shape index (κ2) is 13.0. The van der Waals surface area contributed by atoms with Crippen LogP contribution in [0.2, 0.25) is 0 Å². The summed E-state index contributed by atoms with van der Waals surface area (Å²) >= 11 is 1.43. The van der Waals surface area contributed by atoms with Gasteiger partial charge in [0, 0.05) is 10.4 Å². The summed E-state index contributed by atoms with van der Waals surface area (Å²) in [7, 11) is 0. The fourth-order valence-corrected chi connectivity index (χ4v) is 5.83. The zero-order valence-electron chi connectivity index (χ0n) is 22.3. The first-order valence-corrected chi connectivity index (χ1v) is 13.9. The van der Waals surface area contributed by atoms with Gasteiger partial charge in [-0.15, -0.1) is 17.9 Å². The maximum absolute atomic E-state index is 13.1. The zero-order chi connectivity index (χ0) is 27.8. The summed E-state index contributed by atoms with van der Waals surface area (Å²) in [6, 6.07) is 16.1. The molecule has 7 heteroatoms. The summed E-state index contributed by atoms with van der Waals surface area (Å²) in [6.45, 7) is 8.60. The average molecular weight is 538 g/mol. The van der Waals surface area contributed by atoms with Crippen LogP contribution in [0.3, 0.4) is 0 Å². The third kappa shape index (κ3) is 6.57. The monoisotopic (exact) mass is 537 g/mol. The van der Waals surface area contributed by atoms with Crippen molar-refractivity contribution in [2.45, 2.75) is 52.6 Å². The molecular formula is C32H31N3O3S. The van der Waals surface area contributed by atoms with Crippen molar-refractivity contribution in [3.8, 4) is 23.6 Å². The van der Waals surface area contributed by atoms with E-state index in [-0.39, 0.29) is 5.57 Å². The highest BCUT2D eigenvalue weighted by molar-refractivity contribution is 7.16. The van der Waals surface area contributed by atoms with Crippen LogP contribution >= 0.6 is 11.3 Å². The summed E-state index contributed by atoms with van der Waals surface area (Å²) < 4.78 is 12.1. The van der Waals surface area contributed by atoms with Gasteiger partial charge in [-0.05, 0) is 80.9 Å².